The summed E-state index contributed by atoms with van der Waals surface area (Å²) in [5, 5.41) is 0. The highest BCUT2D eigenvalue weighted by Crippen LogP contribution is 2.17. The van der Waals surface area contributed by atoms with Crippen LogP contribution >= 0.6 is 0 Å². The molecule has 2 unspecified atom stereocenters. The second kappa shape index (κ2) is 8.13. The van der Waals surface area contributed by atoms with Crippen LogP contribution in [0, 0.1) is 0 Å². The molecule has 0 aromatic rings. The molecule has 128 valence electrons. The van der Waals surface area contributed by atoms with Gasteiger partial charge in [0.1, 0.15) is 5.60 Å². The molecule has 0 aromatic carbocycles. The normalized spacial score (nSPS) is 26.2. The first-order chi connectivity index (χ1) is 10.4. The van der Waals surface area contributed by atoms with E-state index in [1.54, 1.807) is 4.90 Å². The summed E-state index contributed by atoms with van der Waals surface area (Å²) in [6, 6.07) is 0. The van der Waals surface area contributed by atoms with Gasteiger partial charge in [0, 0.05) is 13.2 Å². The average Bonchev–Trinajstić information content (AvgIpc) is 2.92. The quantitative estimate of drug-likeness (QED) is 0.730. The zero-order valence-corrected chi connectivity index (χ0v) is 14.0. The van der Waals surface area contributed by atoms with E-state index < -0.39 is 5.60 Å². The molecular formula is C16H29NO5. The largest absolute Gasteiger partial charge is 0.444 e. The van der Waals surface area contributed by atoms with Gasteiger partial charge >= 0.3 is 6.09 Å². The standard InChI is InChI=1S/C16H29NO5/c1-16(2,3)22-15(18)17-8-7-13(12-17)19-10-11-21-14-6-4-5-9-20-14/h13-14H,4-12H2,1-3H3. The van der Waals surface area contributed by atoms with Crippen LogP contribution in [-0.4, -0.2) is 61.9 Å². The third-order valence-electron chi connectivity index (χ3n) is 3.68. The SMILES string of the molecule is CC(C)(C)OC(=O)N1CCC(OCCOC2CCCCO2)C1. The van der Waals surface area contributed by atoms with Crippen LogP contribution in [-0.2, 0) is 18.9 Å². The van der Waals surface area contributed by atoms with E-state index in [4.69, 9.17) is 18.9 Å². The molecule has 2 saturated heterocycles. The van der Waals surface area contributed by atoms with Crippen LogP contribution in [0.4, 0.5) is 4.79 Å². The lowest BCUT2D eigenvalue weighted by Crippen LogP contribution is -2.36. The smallest absolute Gasteiger partial charge is 0.410 e. The minimum absolute atomic E-state index is 0.0702. The molecule has 2 atom stereocenters. The van der Waals surface area contributed by atoms with Crippen molar-refractivity contribution in [1.82, 2.24) is 4.90 Å². The number of hydrogen-bond donors (Lipinski definition) is 0. The Morgan fingerprint density at radius 2 is 1.95 bits per heavy atom. The first kappa shape index (κ1) is 17.5. The van der Waals surface area contributed by atoms with Gasteiger partial charge in [0.2, 0.25) is 0 Å². The van der Waals surface area contributed by atoms with E-state index in [0.29, 0.717) is 26.3 Å². The number of carbonyl (C=O) groups excluding carboxylic acids is 1. The van der Waals surface area contributed by atoms with E-state index >= 15 is 0 Å². The fraction of sp³-hybridized carbons (Fsp3) is 0.938. The molecule has 0 radical (unpaired) electrons. The second-order valence-electron chi connectivity index (χ2n) is 6.87. The van der Waals surface area contributed by atoms with Crippen molar-refractivity contribution in [3.8, 4) is 0 Å². The Morgan fingerprint density at radius 1 is 1.18 bits per heavy atom. The highest BCUT2D eigenvalue weighted by Gasteiger charge is 2.30. The summed E-state index contributed by atoms with van der Waals surface area (Å²) in [5.74, 6) is 0. The molecule has 6 heteroatoms. The van der Waals surface area contributed by atoms with Gasteiger partial charge in [-0.15, -0.1) is 0 Å². The maximum absolute atomic E-state index is 11.9. The summed E-state index contributed by atoms with van der Waals surface area (Å²) >= 11 is 0. The fourth-order valence-electron chi connectivity index (χ4n) is 2.59. The predicted octanol–water partition coefficient (Wildman–Crippen LogP) is 2.56. The summed E-state index contributed by atoms with van der Waals surface area (Å²) in [4.78, 5) is 13.7. The third-order valence-corrected chi connectivity index (χ3v) is 3.68. The lowest BCUT2D eigenvalue weighted by molar-refractivity contribution is -0.171. The number of amides is 1. The molecule has 0 spiro atoms. The number of nitrogens with zero attached hydrogens (tertiary/aromatic N) is 1. The number of hydrogen-bond acceptors (Lipinski definition) is 5. The van der Waals surface area contributed by atoms with Crippen molar-refractivity contribution >= 4 is 6.09 Å². The Kier molecular flexibility index (Phi) is 6.47. The number of likely N-dealkylation sites (tertiary alicyclic amines) is 1. The molecule has 2 aliphatic rings. The second-order valence-corrected chi connectivity index (χ2v) is 6.87. The van der Waals surface area contributed by atoms with Gasteiger partial charge in [-0.05, 0) is 46.5 Å². The molecule has 22 heavy (non-hydrogen) atoms. The Bertz CT molecular complexity index is 349. The van der Waals surface area contributed by atoms with Gasteiger partial charge < -0.3 is 23.8 Å². The lowest BCUT2D eigenvalue weighted by atomic mass is 10.2. The molecule has 1 amide bonds. The highest BCUT2D eigenvalue weighted by molar-refractivity contribution is 5.68. The van der Waals surface area contributed by atoms with Gasteiger partial charge in [-0.1, -0.05) is 0 Å². The van der Waals surface area contributed by atoms with Gasteiger partial charge in [-0.2, -0.15) is 0 Å². The molecule has 6 nitrogen and oxygen atoms in total. The molecule has 0 bridgehead atoms. The summed E-state index contributed by atoms with van der Waals surface area (Å²) in [6.45, 7) is 8.76. The Labute approximate surface area is 133 Å². The van der Waals surface area contributed by atoms with Crippen LogP contribution in [0.2, 0.25) is 0 Å². The molecule has 0 N–H and O–H groups in total. The minimum atomic E-state index is -0.455. The molecule has 0 aliphatic carbocycles. The zero-order valence-electron chi connectivity index (χ0n) is 14.0. The molecule has 0 aromatic heterocycles. The number of carbonyl (C=O) groups is 1. The van der Waals surface area contributed by atoms with Gasteiger partial charge in [0.15, 0.2) is 6.29 Å². The lowest BCUT2D eigenvalue weighted by Gasteiger charge is -2.24. The molecule has 2 heterocycles. The van der Waals surface area contributed by atoms with Gasteiger partial charge in [0.25, 0.3) is 0 Å². The van der Waals surface area contributed by atoms with E-state index in [2.05, 4.69) is 0 Å². The van der Waals surface area contributed by atoms with Crippen LogP contribution in [0.1, 0.15) is 46.5 Å². The summed E-state index contributed by atoms with van der Waals surface area (Å²) in [5.41, 5.74) is -0.455. The predicted molar refractivity (Wildman–Crippen MR) is 81.7 cm³/mol. The molecule has 2 fully saturated rings. The van der Waals surface area contributed by atoms with E-state index in [-0.39, 0.29) is 18.5 Å². The molecular weight excluding hydrogens is 286 g/mol. The number of rotatable bonds is 5. The van der Waals surface area contributed by atoms with Gasteiger partial charge in [-0.3, -0.25) is 0 Å². The highest BCUT2D eigenvalue weighted by atomic mass is 16.7. The van der Waals surface area contributed by atoms with E-state index in [0.717, 1.165) is 25.9 Å². The molecule has 2 rings (SSSR count). The first-order valence-electron chi connectivity index (χ1n) is 8.27. The molecule has 2 aliphatic heterocycles. The van der Waals surface area contributed by atoms with Crippen molar-refractivity contribution in [3.63, 3.8) is 0 Å². The van der Waals surface area contributed by atoms with Crippen molar-refractivity contribution in [2.24, 2.45) is 0 Å². The Morgan fingerprint density at radius 3 is 2.64 bits per heavy atom. The van der Waals surface area contributed by atoms with Crippen LogP contribution in [0.15, 0.2) is 0 Å². The Balaban J connectivity index is 1.57. The van der Waals surface area contributed by atoms with Crippen LogP contribution in [0.3, 0.4) is 0 Å². The Hall–Kier alpha value is -0.850. The summed E-state index contributed by atoms with van der Waals surface area (Å²) in [7, 11) is 0. The van der Waals surface area contributed by atoms with Crippen LogP contribution < -0.4 is 0 Å². The summed E-state index contributed by atoms with van der Waals surface area (Å²) < 4.78 is 22.3. The van der Waals surface area contributed by atoms with Crippen molar-refractivity contribution < 1.29 is 23.7 Å². The minimum Gasteiger partial charge on any atom is -0.444 e. The summed E-state index contributed by atoms with van der Waals surface area (Å²) in [6.07, 6.45) is 3.85. The average molecular weight is 315 g/mol. The van der Waals surface area contributed by atoms with E-state index in [1.807, 2.05) is 20.8 Å². The van der Waals surface area contributed by atoms with Crippen molar-refractivity contribution in [3.05, 3.63) is 0 Å². The van der Waals surface area contributed by atoms with Gasteiger partial charge in [0.05, 0.1) is 25.9 Å². The number of ether oxygens (including phenoxy) is 4. The van der Waals surface area contributed by atoms with E-state index in [9.17, 15) is 4.79 Å². The zero-order chi connectivity index (χ0) is 16.0. The van der Waals surface area contributed by atoms with E-state index in [1.165, 1.54) is 6.42 Å². The van der Waals surface area contributed by atoms with Crippen molar-refractivity contribution in [2.75, 3.05) is 32.9 Å². The monoisotopic (exact) mass is 315 g/mol. The molecule has 0 saturated carbocycles. The van der Waals surface area contributed by atoms with Gasteiger partial charge in [-0.25, -0.2) is 4.79 Å². The van der Waals surface area contributed by atoms with Crippen LogP contribution in [0.5, 0.6) is 0 Å². The van der Waals surface area contributed by atoms with Crippen LogP contribution in [0.25, 0.3) is 0 Å². The maximum atomic E-state index is 11.9. The maximum Gasteiger partial charge on any atom is 0.410 e. The topological polar surface area (TPSA) is 57.2 Å². The van der Waals surface area contributed by atoms with Crippen molar-refractivity contribution in [1.29, 1.82) is 0 Å². The third kappa shape index (κ3) is 6.10. The fourth-order valence-corrected chi connectivity index (χ4v) is 2.59. The van der Waals surface area contributed by atoms with Crippen molar-refractivity contribution in [2.45, 2.75) is 64.4 Å². The first-order valence-corrected chi connectivity index (χ1v) is 8.27.